The van der Waals surface area contributed by atoms with Crippen molar-refractivity contribution >= 4 is 138 Å². The SMILES string of the molecule is CC(=O)O.CC(=O)O.C[C@@](O)(CN1CCN(c2ccc(C(N)=O)cc2Cl)[C@H](c2ccc(Cl)cc2)C1)c1ccc(C(N)=O)cc1.N#Cc1ccc(N2CCNC[C@H]2c2ccc(Cl)cc2)c(Cl)c1.O=CO[O-].[C-]#[N+]c1ccc([C@](C)(O)CN2CCN(c3ccc(C#N)cc3Cl)[C@H](c3ccc(Cl)cc3)C2)cc1.[C-]#[N+]c1ccc([C@](C)(O)COS(C)(=O)=O)cc1.[H-].[Na+].[Na+].[Pd]. The third-order valence-corrected chi connectivity index (χ3v) is 21.1. The topological polar surface area (TPSA) is 399 Å². The van der Waals surface area contributed by atoms with E-state index in [1.54, 1.807) is 105 Å². The summed E-state index contributed by atoms with van der Waals surface area (Å²) in [6.45, 7) is 28.0. The number of aliphatic carboxylic acids is 2. The van der Waals surface area contributed by atoms with E-state index in [2.05, 4.69) is 60.7 Å². The van der Waals surface area contributed by atoms with Crippen LogP contribution in [0.5, 0.6) is 0 Å². The van der Waals surface area contributed by atoms with Crippen LogP contribution in [0.1, 0.15) is 119 Å². The van der Waals surface area contributed by atoms with Crippen LogP contribution in [-0.2, 0) is 70.8 Å². The van der Waals surface area contributed by atoms with Crippen molar-refractivity contribution in [2.75, 3.05) is 99.6 Å². The molecule has 3 heterocycles. The number of carboxylic acids is 2. The normalized spacial score (nSPS) is 16.0. The van der Waals surface area contributed by atoms with Gasteiger partial charge in [0.05, 0.1) is 111 Å². The molecule has 648 valence electrons. The van der Waals surface area contributed by atoms with Gasteiger partial charge in [0.1, 0.15) is 5.60 Å². The summed E-state index contributed by atoms with van der Waals surface area (Å²) < 4.78 is 26.2. The van der Waals surface area contributed by atoms with Gasteiger partial charge in [0.15, 0.2) is 11.4 Å². The van der Waals surface area contributed by atoms with Crippen molar-refractivity contribution < 1.29 is 153 Å². The molecule has 124 heavy (non-hydrogen) atoms. The summed E-state index contributed by atoms with van der Waals surface area (Å²) in [5.74, 6) is -2.71. The summed E-state index contributed by atoms with van der Waals surface area (Å²) in [4.78, 5) is 70.1. The van der Waals surface area contributed by atoms with Crippen molar-refractivity contribution in [1.29, 1.82) is 10.5 Å². The van der Waals surface area contributed by atoms with Gasteiger partial charge in [0.25, 0.3) is 28.5 Å². The standard InChI is InChI=1S/C27H28Cl2N4O3.C27H24Cl2N4O.C17H15Cl2N3.C11H13NO4S.2C2H4O2.CH2O3.2Na.Pd.H/c1-27(36,20-7-2-18(3-8-20)25(30)34)16-32-12-13-33(23-11-6-19(26(31)35)14-22(23)29)24(15-32)17-4-9-21(28)10-5-17;1-27(34,21-6-10-23(31-2)11-7-21)18-32-13-14-33(25-12-3-19(16-30)15-24(25)29)26(17-32)20-4-8-22(28)9-5-20;18-14-4-2-13(3-5-14)17-11-21-7-8-22(17)16-6-1-12(10-20)9-15(16)19;1-11(13,8-16-17(3,14)15)9-4-6-10(12-2)7-5-9;2*1-2(3)4;2-1-4-3;;;;/h2-11,14,24,36H,12-13,15-16H2,1H3,(H2,30,34)(H2,31,35);3-12,15,26,34H,13-14,17-18H2,1H3;1-6,9,17,21H,7-8,11H2;4-7,13H,8H2,1,3H3;2*1H3,(H,3,4);1,3H;;;;/q;;;;;;;2*+1;;-1/p-1/t24-,27+;26-,27+;17-;11-;;;;;;;/m0001......./s1. The third kappa shape index (κ3) is 34.8. The summed E-state index contributed by atoms with van der Waals surface area (Å²) in [7, 11) is -3.59. The fourth-order valence-electron chi connectivity index (χ4n) is 13.1. The van der Waals surface area contributed by atoms with Crippen molar-refractivity contribution in [1.82, 2.24) is 15.1 Å². The Hall–Kier alpha value is -8.28. The van der Waals surface area contributed by atoms with Crippen molar-refractivity contribution in [3.05, 3.63) is 309 Å². The Morgan fingerprint density at radius 1 is 0.540 bits per heavy atom. The quantitative estimate of drug-likeness (QED) is 0.00941. The number of hydrogen-bond acceptors (Lipinski definition) is 21. The minimum Gasteiger partial charge on any atom is -1.00 e. The molecule has 3 fully saturated rings. The molecule has 0 saturated carbocycles. The number of benzene rings is 9. The van der Waals surface area contributed by atoms with Crippen LogP contribution in [0.3, 0.4) is 0 Å². The summed E-state index contributed by atoms with van der Waals surface area (Å²) in [5, 5.41) is 81.1. The molecule has 0 aliphatic carbocycles. The fourth-order valence-corrected chi connectivity index (χ4v) is 14.8. The summed E-state index contributed by atoms with van der Waals surface area (Å²) >= 11 is 37.8. The van der Waals surface area contributed by atoms with Gasteiger partial charge in [-0.15, -0.1) is 0 Å². The van der Waals surface area contributed by atoms with E-state index >= 15 is 0 Å². The first-order valence-corrected chi connectivity index (χ1v) is 40.9. The first-order valence-electron chi connectivity index (χ1n) is 36.9. The molecule has 3 aliphatic rings. The van der Waals surface area contributed by atoms with E-state index in [1.165, 1.54) is 12.5 Å². The third-order valence-electron chi connectivity index (χ3n) is 18.9. The van der Waals surface area contributed by atoms with Crippen molar-refractivity contribution in [3.8, 4) is 12.1 Å². The summed E-state index contributed by atoms with van der Waals surface area (Å²) in [6, 6.07) is 63.7. The molecule has 0 unspecified atom stereocenters. The Morgan fingerprint density at radius 2 is 0.855 bits per heavy atom. The number of hydrogen-bond donors (Lipinski definition) is 8. The van der Waals surface area contributed by atoms with Gasteiger partial charge in [0, 0.05) is 132 Å². The maximum Gasteiger partial charge on any atom is 1.00 e. The molecule has 6 atom stereocenters. The molecule has 37 heteroatoms. The molecule has 0 radical (unpaired) electrons. The van der Waals surface area contributed by atoms with Gasteiger partial charge in [-0.2, -0.15) is 18.9 Å². The number of nitrogens with zero attached hydrogens (tertiary/aromatic N) is 9. The number of nitrogens with two attached hydrogens (primary N) is 2. The number of amides is 2. The second-order valence-electron chi connectivity index (χ2n) is 28.3. The van der Waals surface area contributed by atoms with Gasteiger partial charge in [-0.1, -0.05) is 167 Å². The van der Waals surface area contributed by atoms with Crippen LogP contribution in [-0.4, -0.2) is 159 Å². The first kappa shape index (κ1) is 110. The van der Waals surface area contributed by atoms with E-state index in [1.807, 2.05) is 109 Å². The van der Waals surface area contributed by atoms with Crippen LogP contribution in [0.4, 0.5) is 28.4 Å². The maximum absolute atomic E-state index is 11.6. The number of carboxylic acid groups (broad SMARTS) is 2. The van der Waals surface area contributed by atoms with Crippen LogP contribution >= 0.6 is 69.6 Å². The Balaban J connectivity index is 0.000000550. The van der Waals surface area contributed by atoms with Crippen LogP contribution in [0.25, 0.3) is 9.69 Å². The van der Waals surface area contributed by atoms with Gasteiger partial charge in [-0.3, -0.25) is 38.0 Å². The monoisotopic (exact) mass is 1940 g/mol. The Kier molecular flexibility index (Phi) is 46.7. The molecule has 27 nitrogen and oxygen atoms in total. The zero-order valence-corrected chi connectivity index (χ0v) is 79.7. The largest absolute Gasteiger partial charge is 1.00 e. The minimum atomic E-state index is -3.59. The van der Waals surface area contributed by atoms with Crippen LogP contribution < -0.4 is 95.9 Å². The number of halogens is 6. The molecular formula is C87H90Cl6N12Na2O15PdS. The number of nitriles is 2. The van der Waals surface area contributed by atoms with E-state index in [4.69, 9.17) is 129 Å². The minimum absolute atomic E-state index is 0. The molecule has 0 bridgehead atoms. The molecule has 10 N–H and O–H groups in total. The van der Waals surface area contributed by atoms with E-state index in [9.17, 15) is 38.6 Å². The van der Waals surface area contributed by atoms with Crippen molar-refractivity contribution in [2.24, 2.45) is 11.5 Å². The second kappa shape index (κ2) is 52.7. The van der Waals surface area contributed by atoms with Gasteiger partial charge in [-0.05, 0) is 157 Å². The van der Waals surface area contributed by atoms with Gasteiger partial charge in [-0.25, -0.2) is 9.69 Å². The van der Waals surface area contributed by atoms with Crippen LogP contribution in [0, 0.1) is 35.8 Å². The number of carbonyl (C=O) groups excluding carboxylic acids is 3. The van der Waals surface area contributed by atoms with Crippen LogP contribution in [0.2, 0.25) is 30.1 Å². The van der Waals surface area contributed by atoms with Crippen molar-refractivity contribution in [3.63, 3.8) is 0 Å². The number of nitrogens with one attached hydrogen (secondary N) is 1. The second-order valence-corrected chi connectivity index (χ2v) is 32.5. The molecule has 2 amide bonds. The summed E-state index contributed by atoms with van der Waals surface area (Å²) in [6.07, 6.45) is 0.922. The predicted octanol–water partition coefficient (Wildman–Crippen LogP) is 8.32. The van der Waals surface area contributed by atoms with Gasteiger partial charge in [0.2, 0.25) is 11.8 Å². The molecule has 12 rings (SSSR count). The number of carbonyl (C=O) groups is 5. The fraction of sp³-hybridized carbons (Fsp3) is 0.276. The van der Waals surface area contributed by atoms with E-state index in [-0.39, 0.29) is 112 Å². The smallest absolute Gasteiger partial charge is 1.00 e. The van der Waals surface area contributed by atoms with E-state index in [0.717, 1.165) is 85.1 Å². The molecule has 0 aromatic heterocycles. The molecule has 9 aromatic carbocycles. The number of rotatable bonds is 19. The average Bonchev–Trinajstić information content (AvgIpc) is 0.422. The molecule has 3 aliphatic heterocycles. The molecule has 9 aromatic rings. The van der Waals surface area contributed by atoms with Crippen LogP contribution in [0.15, 0.2) is 200 Å². The Morgan fingerprint density at radius 3 is 1.17 bits per heavy atom. The zero-order valence-electron chi connectivity index (χ0n) is 69.8. The number of piperazine rings is 3. The van der Waals surface area contributed by atoms with Gasteiger partial charge >= 0.3 is 59.1 Å². The molecule has 0 spiro atoms. The van der Waals surface area contributed by atoms with Crippen molar-refractivity contribution in [2.45, 2.75) is 69.5 Å². The van der Waals surface area contributed by atoms with E-state index < -0.39 is 50.7 Å². The number of aliphatic hydroxyl groups is 3. The maximum atomic E-state index is 11.6. The molecular weight excluding hydrogens is 1850 g/mol. The first-order chi connectivity index (χ1) is 57.2. The molecule has 3 saturated heterocycles. The Labute approximate surface area is 810 Å². The predicted molar refractivity (Wildman–Crippen MR) is 467 cm³/mol. The zero-order chi connectivity index (χ0) is 89.5. The number of β-amino-alcohol motifs (C(OH)–C–C–N with tert-alkyl or cyclic N) is 2. The van der Waals surface area contributed by atoms with E-state index in [0.29, 0.717) is 116 Å². The average molecular weight is 1940 g/mol. The number of primary amides is 2. The summed E-state index contributed by atoms with van der Waals surface area (Å²) in [5.41, 5.74) is 17.9. The number of anilines is 3. The van der Waals surface area contributed by atoms with Gasteiger partial charge < -0.3 is 68.6 Å². The Bertz CT molecular complexity index is 5300.